The molecule has 5 nitrogen and oxygen atoms in total. The number of rotatable bonds is 7. The van der Waals surface area contributed by atoms with Crippen LogP contribution in [-0.2, 0) is 11.2 Å². The molecule has 1 aromatic carbocycles. The van der Waals surface area contributed by atoms with Gasteiger partial charge in [-0.15, -0.1) is 0 Å². The second kappa shape index (κ2) is 8.92. The van der Waals surface area contributed by atoms with Gasteiger partial charge in [-0.25, -0.2) is 0 Å². The predicted octanol–water partition coefficient (Wildman–Crippen LogP) is 2.61. The largest absolute Gasteiger partial charge is 0.497 e. The molecule has 0 radical (unpaired) electrons. The van der Waals surface area contributed by atoms with Crippen molar-refractivity contribution in [3.63, 3.8) is 0 Å². The second-order valence-corrected chi connectivity index (χ2v) is 6.77. The average Bonchev–Trinajstić information content (AvgIpc) is 2.59. The summed E-state index contributed by atoms with van der Waals surface area (Å²) in [4.78, 5) is 14.0. The molecule has 1 atom stereocenters. The molecule has 1 heterocycles. The number of aryl methyl sites for hydroxylation is 1. The van der Waals surface area contributed by atoms with Crippen molar-refractivity contribution in [2.75, 3.05) is 27.3 Å². The molecule has 0 spiro atoms. The number of ether oxygens (including phenoxy) is 2. The lowest BCUT2D eigenvalue weighted by Crippen LogP contribution is -2.40. The first-order chi connectivity index (χ1) is 11.5. The molecule has 1 unspecified atom stereocenters. The quantitative estimate of drug-likeness (QED) is 0.832. The summed E-state index contributed by atoms with van der Waals surface area (Å²) in [6.07, 6.45) is 4.74. The summed E-state index contributed by atoms with van der Waals surface area (Å²) in [5.74, 6) is 2.53. The SMILES string of the molecule is COc1cc(CCC2CCN(C(=O)CC(C)N)CC2)cc(OC)c1. The number of hydrogen-bond acceptors (Lipinski definition) is 4. The topological polar surface area (TPSA) is 64.8 Å². The molecule has 0 aromatic heterocycles. The standard InChI is InChI=1S/C19H30N2O3/c1-14(20)10-19(22)21-8-6-15(7-9-21)4-5-16-11-17(23-2)13-18(12-16)24-3/h11-15H,4-10,20H2,1-3H3. The molecule has 1 fully saturated rings. The Kier molecular flexibility index (Phi) is 6.91. The minimum absolute atomic E-state index is 0.0572. The van der Waals surface area contributed by atoms with Crippen LogP contribution in [-0.4, -0.2) is 44.2 Å². The number of piperidine rings is 1. The van der Waals surface area contributed by atoms with Gasteiger partial charge in [-0.05, 0) is 56.2 Å². The van der Waals surface area contributed by atoms with Crippen LogP contribution in [0, 0.1) is 5.92 Å². The van der Waals surface area contributed by atoms with Gasteiger partial charge in [-0.1, -0.05) is 0 Å². The minimum Gasteiger partial charge on any atom is -0.497 e. The van der Waals surface area contributed by atoms with Crippen molar-refractivity contribution in [3.8, 4) is 11.5 Å². The highest BCUT2D eigenvalue weighted by molar-refractivity contribution is 5.76. The van der Waals surface area contributed by atoms with Gasteiger partial charge in [0, 0.05) is 31.6 Å². The molecule has 1 saturated heterocycles. The zero-order valence-corrected chi connectivity index (χ0v) is 15.1. The van der Waals surface area contributed by atoms with Gasteiger partial charge < -0.3 is 20.1 Å². The highest BCUT2D eigenvalue weighted by Gasteiger charge is 2.23. The van der Waals surface area contributed by atoms with E-state index in [9.17, 15) is 4.79 Å². The van der Waals surface area contributed by atoms with Crippen LogP contribution in [0.5, 0.6) is 11.5 Å². The van der Waals surface area contributed by atoms with Crippen LogP contribution >= 0.6 is 0 Å². The number of nitrogens with zero attached hydrogens (tertiary/aromatic N) is 1. The Balaban J connectivity index is 1.81. The Bertz CT molecular complexity index is 515. The maximum absolute atomic E-state index is 12.1. The summed E-state index contributed by atoms with van der Waals surface area (Å²) >= 11 is 0. The Morgan fingerprint density at radius 3 is 2.29 bits per heavy atom. The van der Waals surface area contributed by atoms with Crippen molar-refractivity contribution in [3.05, 3.63) is 23.8 Å². The van der Waals surface area contributed by atoms with Gasteiger partial charge in [0.1, 0.15) is 11.5 Å². The molecule has 2 rings (SSSR count). The molecular weight excluding hydrogens is 304 g/mol. The van der Waals surface area contributed by atoms with Crippen molar-refractivity contribution in [2.45, 2.75) is 45.1 Å². The molecule has 0 bridgehead atoms. The van der Waals surface area contributed by atoms with E-state index in [1.54, 1.807) is 14.2 Å². The van der Waals surface area contributed by atoms with Gasteiger partial charge in [0.25, 0.3) is 0 Å². The van der Waals surface area contributed by atoms with E-state index in [0.717, 1.165) is 50.3 Å². The van der Waals surface area contributed by atoms with E-state index in [4.69, 9.17) is 15.2 Å². The van der Waals surface area contributed by atoms with Crippen molar-refractivity contribution in [1.82, 2.24) is 4.90 Å². The number of carbonyl (C=O) groups excluding carboxylic acids is 1. The lowest BCUT2D eigenvalue weighted by Gasteiger charge is -2.32. The zero-order chi connectivity index (χ0) is 17.5. The molecule has 1 aromatic rings. The van der Waals surface area contributed by atoms with Crippen molar-refractivity contribution in [1.29, 1.82) is 0 Å². The van der Waals surface area contributed by atoms with E-state index in [-0.39, 0.29) is 11.9 Å². The number of hydrogen-bond donors (Lipinski definition) is 1. The molecule has 0 aliphatic carbocycles. The molecule has 5 heteroatoms. The van der Waals surface area contributed by atoms with E-state index in [0.29, 0.717) is 12.3 Å². The number of benzene rings is 1. The van der Waals surface area contributed by atoms with Crippen LogP contribution < -0.4 is 15.2 Å². The first-order valence-electron chi connectivity index (χ1n) is 8.77. The van der Waals surface area contributed by atoms with Gasteiger partial charge in [0.05, 0.1) is 14.2 Å². The predicted molar refractivity (Wildman–Crippen MR) is 95.4 cm³/mol. The fourth-order valence-electron chi connectivity index (χ4n) is 3.26. The van der Waals surface area contributed by atoms with Crippen LogP contribution in [0.3, 0.4) is 0 Å². The summed E-state index contributed by atoms with van der Waals surface area (Å²) < 4.78 is 10.7. The Morgan fingerprint density at radius 1 is 1.21 bits per heavy atom. The van der Waals surface area contributed by atoms with Gasteiger partial charge in [-0.3, -0.25) is 4.79 Å². The van der Waals surface area contributed by atoms with Crippen LogP contribution in [0.2, 0.25) is 0 Å². The first kappa shape index (κ1) is 18.6. The third-order valence-corrected chi connectivity index (χ3v) is 4.72. The molecule has 1 amide bonds. The normalized spacial score (nSPS) is 16.8. The average molecular weight is 334 g/mol. The van der Waals surface area contributed by atoms with Gasteiger partial charge in [-0.2, -0.15) is 0 Å². The maximum atomic E-state index is 12.1. The van der Waals surface area contributed by atoms with Crippen LogP contribution in [0.25, 0.3) is 0 Å². The molecule has 0 saturated carbocycles. The molecular formula is C19H30N2O3. The zero-order valence-electron chi connectivity index (χ0n) is 15.1. The summed E-state index contributed by atoms with van der Waals surface area (Å²) in [5.41, 5.74) is 6.96. The van der Waals surface area contributed by atoms with E-state index >= 15 is 0 Å². The molecule has 134 valence electrons. The number of amides is 1. The van der Waals surface area contributed by atoms with Crippen LogP contribution in [0.1, 0.15) is 38.2 Å². The number of nitrogens with two attached hydrogens (primary N) is 1. The third-order valence-electron chi connectivity index (χ3n) is 4.72. The van der Waals surface area contributed by atoms with E-state index < -0.39 is 0 Å². The van der Waals surface area contributed by atoms with Crippen molar-refractivity contribution < 1.29 is 14.3 Å². The number of carbonyl (C=O) groups is 1. The fraction of sp³-hybridized carbons (Fsp3) is 0.632. The summed E-state index contributed by atoms with van der Waals surface area (Å²) in [5, 5.41) is 0. The Hall–Kier alpha value is -1.75. The fourth-order valence-corrected chi connectivity index (χ4v) is 3.26. The molecule has 2 N–H and O–H groups in total. The highest BCUT2D eigenvalue weighted by atomic mass is 16.5. The monoisotopic (exact) mass is 334 g/mol. The third kappa shape index (κ3) is 5.41. The second-order valence-electron chi connectivity index (χ2n) is 6.77. The number of likely N-dealkylation sites (tertiary alicyclic amines) is 1. The summed E-state index contributed by atoms with van der Waals surface area (Å²) in [6, 6.07) is 5.98. The van der Waals surface area contributed by atoms with Gasteiger partial charge in [0.15, 0.2) is 0 Å². The van der Waals surface area contributed by atoms with E-state index in [1.165, 1.54) is 5.56 Å². The minimum atomic E-state index is -0.0572. The summed E-state index contributed by atoms with van der Waals surface area (Å²) in [6.45, 7) is 3.60. The first-order valence-corrected chi connectivity index (χ1v) is 8.77. The summed E-state index contributed by atoms with van der Waals surface area (Å²) in [7, 11) is 3.35. The van der Waals surface area contributed by atoms with Crippen molar-refractivity contribution >= 4 is 5.91 Å². The smallest absolute Gasteiger partial charge is 0.224 e. The van der Waals surface area contributed by atoms with Gasteiger partial charge >= 0.3 is 0 Å². The lowest BCUT2D eigenvalue weighted by molar-refractivity contribution is -0.132. The lowest BCUT2D eigenvalue weighted by atomic mass is 9.90. The molecule has 1 aliphatic heterocycles. The van der Waals surface area contributed by atoms with E-state index in [1.807, 2.05) is 17.9 Å². The number of methoxy groups -OCH3 is 2. The van der Waals surface area contributed by atoms with E-state index in [2.05, 4.69) is 12.1 Å². The Labute approximate surface area is 145 Å². The molecule has 24 heavy (non-hydrogen) atoms. The van der Waals surface area contributed by atoms with Gasteiger partial charge in [0.2, 0.25) is 5.91 Å². The highest BCUT2D eigenvalue weighted by Crippen LogP contribution is 2.27. The molecule has 1 aliphatic rings. The van der Waals surface area contributed by atoms with Crippen LogP contribution in [0.15, 0.2) is 18.2 Å². The maximum Gasteiger partial charge on any atom is 0.224 e. The Morgan fingerprint density at radius 2 is 1.79 bits per heavy atom. The van der Waals surface area contributed by atoms with Crippen molar-refractivity contribution in [2.24, 2.45) is 11.7 Å². The van der Waals surface area contributed by atoms with Crippen LogP contribution in [0.4, 0.5) is 0 Å².